The Morgan fingerprint density at radius 2 is 2.00 bits per heavy atom. The molecule has 2 nitrogen and oxygen atoms in total. The fourth-order valence-corrected chi connectivity index (χ4v) is 0.445. The number of alkyl halides is 3. The molecule has 1 unspecified atom stereocenters. The lowest BCUT2D eigenvalue weighted by Crippen LogP contribution is -2.14. The Labute approximate surface area is 62.3 Å². The molecule has 0 heterocycles. The van der Waals surface area contributed by atoms with Crippen LogP contribution in [0.2, 0.25) is 0 Å². The van der Waals surface area contributed by atoms with Gasteiger partial charge in [0.2, 0.25) is 0 Å². The molecule has 66 valence electrons. The van der Waals surface area contributed by atoms with Crippen LogP contribution in [0, 0.1) is 0 Å². The minimum atomic E-state index is -2.69. The smallest absolute Gasteiger partial charge is 0.308 e. The second-order valence-electron chi connectivity index (χ2n) is 2.06. The van der Waals surface area contributed by atoms with Gasteiger partial charge in [-0.15, -0.1) is 0 Å². The number of esters is 1. The monoisotopic (exact) mass is 170 g/mol. The van der Waals surface area contributed by atoms with Crippen molar-refractivity contribution in [1.29, 1.82) is 0 Å². The molecule has 0 rings (SSSR count). The Morgan fingerprint density at radius 1 is 1.45 bits per heavy atom. The molecule has 0 amide bonds. The summed E-state index contributed by atoms with van der Waals surface area (Å²) in [5.74, 6) is -0.930. The van der Waals surface area contributed by atoms with Crippen LogP contribution in [0.15, 0.2) is 0 Å². The van der Waals surface area contributed by atoms with Crippen LogP contribution >= 0.6 is 0 Å². The van der Waals surface area contributed by atoms with Crippen molar-refractivity contribution in [2.45, 2.75) is 25.9 Å². The van der Waals surface area contributed by atoms with Crippen LogP contribution in [0.3, 0.4) is 0 Å². The Morgan fingerprint density at radius 3 is 2.36 bits per heavy atom. The zero-order valence-electron chi connectivity index (χ0n) is 6.02. The summed E-state index contributed by atoms with van der Waals surface area (Å²) in [5, 5.41) is 0. The summed E-state index contributed by atoms with van der Waals surface area (Å²) in [6, 6.07) is 0. The maximum absolute atomic E-state index is 12.0. The van der Waals surface area contributed by atoms with Crippen molar-refractivity contribution in [3.05, 3.63) is 0 Å². The molecule has 1 atom stereocenters. The lowest BCUT2D eigenvalue weighted by atomic mass is 10.3. The minimum Gasteiger partial charge on any atom is -0.460 e. The molecule has 0 saturated carbocycles. The molecule has 0 fully saturated rings. The Bertz CT molecular complexity index is 125. The largest absolute Gasteiger partial charge is 0.460 e. The number of rotatable bonds is 4. The third-order valence-corrected chi connectivity index (χ3v) is 0.818. The van der Waals surface area contributed by atoms with Crippen molar-refractivity contribution >= 4 is 5.97 Å². The predicted molar refractivity (Wildman–Crippen MR) is 32.1 cm³/mol. The molecule has 0 aliphatic heterocycles. The van der Waals surface area contributed by atoms with Gasteiger partial charge in [0, 0.05) is 0 Å². The van der Waals surface area contributed by atoms with Gasteiger partial charge in [0.25, 0.3) is 6.43 Å². The lowest BCUT2D eigenvalue weighted by molar-refractivity contribution is -0.148. The average molecular weight is 170 g/mol. The molecule has 0 aliphatic rings. The van der Waals surface area contributed by atoms with Crippen LogP contribution in [-0.2, 0) is 9.53 Å². The molecule has 11 heavy (non-hydrogen) atoms. The highest BCUT2D eigenvalue weighted by molar-refractivity contribution is 5.69. The summed E-state index contributed by atoms with van der Waals surface area (Å²) in [4.78, 5) is 10.4. The predicted octanol–water partition coefficient (Wildman–Crippen LogP) is 1.54. The molecular formula is C6H9F3O2. The SMILES string of the molecule is CC(F)CC(=O)OCC(F)F. The number of halogens is 3. The Hall–Kier alpha value is -0.740. The van der Waals surface area contributed by atoms with Gasteiger partial charge in [-0.25, -0.2) is 13.2 Å². The van der Waals surface area contributed by atoms with E-state index in [4.69, 9.17) is 0 Å². The highest BCUT2D eigenvalue weighted by Crippen LogP contribution is 2.00. The van der Waals surface area contributed by atoms with E-state index in [0.29, 0.717) is 0 Å². The van der Waals surface area contributed by atoms with Gasteiger partial charge in [0.15, 0.2) is 6.61 Å². The van der Waals surface area contributed by atoms with E-state index >= 15 is 0 Å². The number of hydrogen-bond donors (Lipinski definition) is 0. The van der Waals surface area contributed by atoms with Gasteiger partial charge < -0.3 is 4.74 Å². The normalized spacial score (nSPS) is 13.2. The first kappa shape index (κ1) is 10.3. The van der Waals surface area contributed by atoms with Crippen LogP contribution < -0.4 is 0 Å². The lowest BCUT2D eigenvalue weighted by Gasteiger charge is -2.03. The molecule has 0 aromatic rings. The first-order valence-electron chi connectivity index (χ1n) is 3.10. The summed E-state index contributed by atoms with van der Waals surface area (Å²) in [6.07, 6.45) is -4.50. The van der Waals surface area contributed by atoms with Gasteiger partial charge in [0.05, 0.1) is 6.42 Å². The zero-order chi connectivity index (χ0) is 8.85. The molecule has 0 aromatic carbocycles. The van der Waals surface area contributed by atoms with Crippen molar-refractivity contribution in [3.8, 4) is 0 Å². The second kappa shape index (κ2) is 4.98. The first-order chi connectivity index (χ1) is 5.02. The molecule has 0 aliphatic carbocycles. The van der Waals surface area contributed by atoms with E-state index in [2.05, 4.69) is 4.74 Å². The van der Waals surface area contributed by atoms with Crippen LogP contribution in [0.5, 0.6) is 0 Å². The third-order valence-electron chi connectivity index (χ3n) is 0.818. The van der Waals surface area contributed by atoms with Crippen LogP contribution in [0.4, 0.5) is 13.2 Å². The van der Waals surface area contributed by atoms with Crippen LogP contribution in [-0.4, -0.2) is 25.2 Å². The van der Waals surface area contributed by atoms with E-state index in [1.54, 1.807) is 0 Å². The highest BCUT2D eigenvalue weighted by Gasteiger charge is 2.11. The summed E-state index contributed by atoms with van der Waals surface area (Å²) in [6.45, 7) is 0.204. The fraction of sp³-hybridized carbons (Fsp3) is 0.833. The second-order valence-corrected chi connectivity index (χ2v) is 2.06. The first-order valence-corrected chi connectivity index (χ1v) is 3.10. The maximum atomic E-state index is 12.0. The summed E-state index contributed by atoms with van der Waals surface area (Å²) < 4.78 is 38.7. The highest BCUT2D eigenvalue weighted by atomic mass is 19.3. The summed E-state index contributed by atoms with van der Waals surface area (Å²) in [5.41, 5.74) is 0. The van der Waals surface area contributed by atoms with Gasteiger partial charge >= 0.3 is 5.97 Å². The Kier molecular flexibility index (Phi) is 4.65. The van der Waals surface area contributed by atoms with Crippen LogP contribution in [0.1, 0.15) is 13.3 Å². The molecule has 0 saturated heterocycles. The average Bonchev–Trinajstić information content (AvgIpc) is 1.82. The van der Waals surface area contributed by atoms with Gasteiger partial charge in [0.1, 0.15) is 6.17 Å². The summed E-state index contributed by atoms with van der Waals surface area (Å²) >= 11 is 0. The number of ether oxygens (including phenoxy) is 1. The van der Waals surface area contributed by atoms with E-state index in [9.17, 15) is 18.0 Å². The minimum absolute atomic E-state index is 0.466. The van der Waals surface area contributed by atoms with Gasteiger partial charge in [-0.3, -0.25) is 4.79 Å². The topological polar surface area (TPSA) is 26.3 Å². The van der Waals surface area contributed by atoms with Crippen molar-refractivity contribution in [2.24, 2.45) is 0 Å². The van der Waals surface area contributed by atoms with Crippen molar-refractivity contribution < 1.29 is 22.7 Å². The van der Waals surface area contributed by atoms with Gasteiger partial charge in [-0.05, 0) is 6.92 Å². The molecule has 0 N–H and O–H groups in total. The molecule has 0 spiro atoms. The standard InChI is InChI=1S/C6H9F3O2/c1-4(7)2-6(10)11-3-5(8)9/h4-5H,2-3H2,1H3. The maximum Gasteiger partial charge on any atom is 0.308 e. The zero-order valence-corrected chi connectivity index (χ0v) is 6.02. The van der Waals surface area contributed by atoms with E-state index in [0.717, 1.165) is 6.92 Å². The van der Waals surface area contributed by atoms with Gasteiger partial charge in [-0.2, -0.15) is 0 Å². The number of carbonyl (C=O) groups excluding carboxylic acids is 1. The number of carbonyl (C=O) groups is 1. The quantitative estimate of drug-likeness (QED) is 0.598. The van der Waals surface area contributed by atoms with E-state index in [-0.39, 0.29) is 0 Å². The molecule has 5 heteroatoms. The van der Waals surface area contributed by atoms with Crippen molar-refractivity contribution in [1.82, 2.24) is 0 Å². The molecule has 0 aromatic heterocycles. The van der Waals surface area contributed by atoms with Crippen LogP contribution in [0.25, 0.3) is 0 Å². The van der Waals surface area contributed by atoms with Crippen molar-refractivity contribution in [3.63, 3.8) is 0 Å². The molecular weight excluding hydrogens is 161 g/mol. The van der Waals surface area contributed by atoms with E-state index in [1.165, 1.54) is 0 Å². The summed E-state index contributed by atoms with van der Waals surface area (Å²) in [7, 11) is 0. The van der Waals surface area contributed by atoms with Crippen molar-refractivity contribution in [2.75, 3.05) is 6.61 Å². The molecule has 0 bridgehead atoms. The van der Waals surface area contributed by atoms with E-state index < -0.39 is 31.6 Å². The molecule has 0 radical (unpaired) electrons. The Balaban J connectivity index is 3.38. The number of hydrogen-bond acceptors (Lipinski definition) is 2. The third kappa shape index (κ3) is 7.15. The van der Waals surface area contributed by atoms with E-state index in [1.807, 2.05) is 0 Å². The fourth-order valence-electron chi connectivity index (χ4n) is 0.445. The van der Waals surface area contributed by atoms with Gasteiger partial charge in [-0.1, -0.05) is 0 Å².